The molecule has 2 N–H and O–H groups in total. The molecule has 1 saturated heterocycles. The highest BCUT2D eigenvalue weighted by molar-refractivity contribution is 7.99. The van der Waals surface area contributed by atoms with Crippen molar-refractivity contribution in [3.63, 3.8) is 0 Å². The van der Waals surface area contributed by atoms with Crippen molar-refractivity contribution in [3.8, 4) is 0 Å². The number of halogens is 1. The van der Waals surface area contributed by atoms with E-state index in [1.54, 1.807) is 19.1 Å². The van der Waals surface area contributed by atoms with Crippen LogP contribution in [0.15, 0.2) is 18.2 Å². The number of rotatable bonds is 3. The molecule has 1 aliphatic heterocycles. The second-order valence-electron chi connectivity index (χ2n) is 4.44. The Labute approximate surface area is 111 Å². The quantitative estimate of drug-likeness (QED) is 0.882. The molecule has 1 aromatic rings. The second-order valence-corrected chi connectivity index (χ2v) is 5.59. The summed E-state index contributed by atoms with van der Waals surface area (Å²) in [5, 5.41) is 6.03. The first-order valence-electron chi connectivity index (χ1n) is 6.02. The smallest absolute Gasteiger partial charge is 0.225 e. The van der Waals surface area contributed by atoms with E-state index in [1.165, 1.54) is 6.07 Å². The van der Waals surface area contributed by atoms with Crippen molar-refractivity contribution in [1.82, 2.24) is 5.32 Å². The first kappa shape index (κ1) is 13.4. The van der Waals surface area contributed by atoms with Gasteiger partial charge in [-0.05, 0) is 24.6 Å². The van der Waals surface area contributed by atoms with E-state index in [2.05, 4.69) is 10.6 Å². The summed E-state index contributed by atoms with van der Waals surface area (Å²) in [6.07, 6.45) is 0.433. The van der Waals surface area contributed by atoms with Crippen LogP contribution in [0.2, 0.25) is 0 Å². The molecule has 1 heterocycles. The third-order valence-corrected chi connectivity index (χ3v) is 4.02. The number of nitrogens with one attached hydrogen (secondary N) is 2. The zero-order valence-corrected chi connectivity index (χ0v) is 11.1. The number of thioether (sulfide) groups is 1. The normalized spacial score (nSPS) is 19.6. The highest BCUT2D eigenvalue weighted by atomic mass is 32.2. The summed E-state index contributed by atoms with van der Waals surface area (Å²) in [4.78, 5) is 11.8. The van der Waals surface area contributed by atoms with Crippen LogP contribution in [0.3, 0.4) is 0 Å². The molecule has 1 fully saturated rings. The molecule has 98 valence electrons. The van der Waals surface area contributed by atoms with Crippen LogP contribution in [0, 0.1) is 12.7 Å². The largest absolute Gasteiger partial charge is 0.326 e. The lowest BCUT2D eigenvalue weighted by Gasteiger charge is -2.22. The van der Waals surface area contributed by atoms with E-state index in [0.29, 0.717) is 17.7 Å². The van der Waals surface area contributed by atoms with Crippen molar-refractivity contribution in [2.24, 2.45) is 0 Å². The molecule has 1 amide bonds. The Morgan fingerprint density at radius 2 is 2.44 bits per heavy atom. The maximum absolute atomic E-state index is 13.3. The van der Waals surface area contributed by atoms with Crippen LogP contribution in [-0.2, 0) is 4.79 Å². The van der Waals surface area contributed by atoms with Crippen LogP contribution >= 0.6 is 11.8 Å². The number of carbonyl (C=O) groups excluding carboxylic acids is 1. The van der Waals surface area contributed by atoms with Crippen molar-refractivity contribution in [1.29, 1.82) is 0 Å². The number of hydrogen-bond acceptors (Lipinski definition) is 3. The molecule has 0 aliphatic carbocycles. The fourth-order valence-corrected chi connectivity index (χ4v) is 2.81. The van der Waals surface area contributed by atoms with Gasteiger partial charge in [0.15, 0.2) is 0 Å². The predicted octanol–water partition coefficient (Wildman–Crippen LogP) is 2.17. The summed E-state index contributed by atoms with van der Waals surface area (Å²) in [5.74, 6) is 1.69. The van der Waals surface area contributed by atoms with E-state index < -0.39 is 0 Å². The van der Waals surface area contributed by atoms with E-state index in [-0.39, 0.29) is 17.8 Å². The minimum Gasteiger partial charge on any atom is -0.326 e. The first-order valence-corrected chi connectivity index (χ1v) is 7.18. The highest BCUT2D eigenvalue weighted by Gasteiger charge is 2.16. The molecule has 0 bridgehead atoms. The Morgan fingerprint density at radius 1 is 1.61 bits per heavy atom. The molecular weight excluding hydrogens is 251 g/mol. The average Bonchev–Trinajstić information content (AvgIpc) is 2.35. The molecule has 18 heavy (non-hydrogen) atoms. The topological polar surface area (TPSA) is 41.1 Å². The fraction of sp³-hybridized carbons (Fsp3) is 0.462. The van der Waals surface area contributed by atoms with Gasteiger partial charge in [0, 0.05) is 36.2 Å². The molecule has 1 unspecified atom stereocenters. The van der Waals surface area contributed by atoms with Crippen molar-refractivity contribution >= 4 is 23.4 Å². The van der Waals surface area contributed by atoms with Crippen LogP contribution < -0.4 is 10.6 Å². The third-order valence-electron chi connectivity index (χ3n) is 2.89. The third kappa shape index (κ3) is 3.71. The minimum absolute atomic E-state index is 0.0711. The molecular formula is C13H17FN2OS. The molecule has 1 aliphatic rings. The van der Waals surface area contributed by atoms with Crippen molar-refractivity contribution in [3.05, 3.63) is 29.6 Å². The number of aryl methyl sites for hydroxylation is 1. The van der Waals surface area contributed by atoms with Gasteiger partial charge in [-0.15, -0.1) is 0 Å². The van der Waals surface area contributed by atoms with E-state index in [4.69, 9.17) is 0 Å². The lowest BCUT2D eigenvalue weighted by Crippen LogP contribution is -2.39. The van der Waals surface area contributed by atoms with E-state index in [1.807, 2.05) is 11.8 Å². The Kier molecular flexibility index (Phi) is 4.60. The summed E-state index contributed by atoms with van der Waals surface area (Å²) in [6.45, 7) is 2.64. The van der Waals surface area contributed by atoms with E-state index >= 15 is 0 Å². The molecule has 0 spiro atoms. The van der Waals surface area contributed by atoms with Gasteiger partial charge >= 0.3 is 0 Å². The van der Waals surface area contributed by atoms with Gasteiger partial charge in [0.05, 0.1) is 0 Å². The highest BCUT2D eigenvalue weighted by Crippen LogP contribution is 2.15. The number of hydrogen-bond donors (Lipinski definition) is 2. The molecule has 0 radical (unpaired) electrons. The predicted molar refractivity (Wildman–Crippen MR) is 73.5 cm³/mol. The summed E-state index contributed by atoms with van der Waals surface area (Å²) >= 11 is 1.85. The van der Waals surface area contributed by atoms with Gasteiger partial charge in [0.25, 0.3) is 0 Å². The van der Waals surface area contributed by atoms with Crippen molar-refractivity contribution < 1.29 is 9.18 Å². The van der Waals surface area contributed by atoms with Crippen LogP contribution in [0.1, 0.15) is 12.0 Å². The monoisotopic (exact) mass is 268 g/mol. The van der Waals surface area contributed by atoms with Crippen LogP contribution in [-0.4, -0.2) is 30.0 Å². The Bertz CT molecular complexity index is 433. The summed E-state index contributed by atoms with van der Waals surface area (Å²) < 4.78 is 13.3. The molecule has 2 rings (SSSR count). The standard InChI is InChI=1S/C13H17FN2OS/c1-9-2-3-10(6-12(9)14)16-13(17)7-11-8-18-5-4-15-11/h2-3,6,11,15H,4-5,7-8H2,1H3,(H,16,17). The van der Waals surface area contributed by atoms with Gasteiger partial charge in [-0.25, -0.2) is 4.39 Å². The molecule has 1 atom stereocenters. The Balaban J connectivity index is 1.88. The first-order chi connectivity index (χ1) is 8.65. The summed E-state index contributed by atoms with van der Waals surface area (Å²) in [5.41, 5.74) is 1.10. The molecule has 5 heteroatoms. The second kappa shape index (κ2) is 6.20. The Morgan fingerprint density at radius 3 is 3.11 bits per heavy atom. The minimum atomic E-state index is -0.292. The van der Waals surface area contributed by atoms with Gasteiger partial charge in [-0.2, -0.15) is 11.8 Å². The van der Waals surface area contributed by atoms with Gasteiger partial charge in [0.2, 0.25) is 5.91 Å². The van der Waals surface area contributed by atoms with Gasteiger partial charge in [0.1, 0.15) is 5.82 Å². The van der Waals surface area contributed by atoms with Gasteiger partial charge < -0.3 is 10.6 Å². The number of anilines is 1. The molecule has 0 aromatic heterocycles. The molecule has 0 saturated carbocycles. The summed E-state index contributed by atoms with van der Waals surface area (Å²) in [6, 6.07) is 4.97. The van der Waals surface area contributed by atoms with E-state index in [0.717, 1.165) is 18.1 Å². The van der Waals surface area contributed by atoms with Crippen LogP contribution in [0.4, 0.5) is 10.1 Å². The maximum Gasteiger partial charge on any atom is 0.225 e. The number of carbonyl (C=O) groups is 1. The van der Waals surface area contributed by atoms with Gasteiger partial charge in [-0.1, -0.05) is 6.07 Å². The van der Waals surface area contributed by atoms with Crippen molar-refractivity contribution in [2.45, 2.75) is 19.4 Å². The number of benzene rings is 1. The van der Waals surface area contributed by atoms with Gasteiger partial charge in [-0.3, -0.25) is 4.79 Å². The van der Waals surface area contributed by atoms with Crippen molar-refractivity contribution in [2.75, 3.05) is 23.4 Å². The maximum atomic E-state index is 13.3. The summed E-state index contributed by atoms with van der Waals surface area (Å²) in [7, 11) is 0. The van der Waals surface area contributed by atoms with Crippen LogP contribution in [0.25, 0.3) is 0 Å². The zero-order valence-electron chi connectivity index (χ0n) is 10.3. The lowest BCUT2D eigenvalue weighted by atomic mass is 10.2. The average molecular weight is 268 g/mol. The molecule has 3 nitrogen and oxygen atoms in total. The zero-order chi connectivity index (χ0) is 13.0. The fourth-order valence-electron chi connectivity index (χ4n) is 1.86. The lowest BCUT2D eigenvalue weighted by molar-refractivity contribution is -0.116. The van der Waals surface area contributed by atoms with E-state index in [9.17, 15) is 9.18 Å². The number of amides is 1. The molecule has 1 aromatic carbocycles. The SMILES string of the molecule is Cc1ccc(NC(=O)CC2CSCCN2)cc1F. The van der Waals surface area contributed by atoms with Crippen LogP contribution in [0.5, 0.6) is 0 Å². The Hall–Kier alpha value is -1.07.